The van der Waals surface area contributed by atoms with Gasteiger partial charge in [-0.2, -0.15) is 0 Å². The molecule has 0 saturated carbocycles. The molecule has 1 aromatic heterocycles. The summed E-state index contributed by atoms with van der Waals surface area (Å²) < 4.78 is 26.3. The molecule has 2 aromatic carbocycles. The van der Waals surface area contributed by atoms with Gasteiger partial charge in [0.25, 0.3) is 11.8 Å². The van der Waals surface area contributed by atoms with E-state index in [1.165, 1.54) is 35.6 Å². The van der Waals surface area contributed by atoms with Crippen molar-refractivity contribution < 1.29 is 18.4 Å². The van der Waals surface area contributed by atoms with Crippen LogP contribution in [0.2, 0.25) is 0 Å². The van der Waals surface area contributed by atoms with Crippen LogP contribution >= 0.6 is 11.3 Å². The fourth-order valence-corrected chi connectivity index (χ4v) is 5.38. The van der Waals surface area contributed by atoms with E-state index in [1.807, 2.05) is 12.2 Å². The SMILES string of the molecule is O=C(c1ccc(C(=O)N2CC=C(c3ccc(F)cc3)CC2)s1)N1CC=C(c2ccc(F)cc2)CC1. The van der Waals surface area contributed by atoms with Gasteiger partial charge < -0.3 is 9.80 Å². The average molecular weight is 491 g/mol. The highest BCUT2D eigenvalue weighted by Gasteiger charge is 2.24. The number of carbonyl (C=O) groups is 2. The molecular weight excluding hydrogens is 466 g/mol. The number of nitrogens with zero attached hydrogens (tertiary/aromatic N) is 2. The normalized spacial score (nSPS) is 16.1. The molecule has 0 N–H and O–H groups in total. The summed E-state index contributed by atoms with van der Waals surface area (Å²) in [6, 6.07) is 16.3. The molecule has 3 heterocycles. The molecule has 0 spiro atoms. The summed E-state index contributed by atoms with van der Waals surface area (Å²) in [5.41, 5.74) is 4.16. The van der Waals surface area contributed by atoms with Gasteiger partial charge >= 0.3 is 0 Å². The quantitative estimate of drug-likeness (QED) is 0.458. The van der Waals surface area contributed by atoms with Crippen LogP contribution in [0.25, 0.3) is 11.1 Å². The Morgan fingerprint density at radius 2 is 1.03 bits per heavy atom. The zero-order valence-electron chi connectivity index (χ0n) is 19.0. The molecule has 0 radical (unpaired) electrons. The van der Waals surface area contributed by atoms with Crippen LogP contribution in [0, 0.1) is 11.6 Å². The fourth-order valence-electron chi connectivity index (χ4n) is 4.44. The maximum Gasteiger partial charge on any atom is 0.264 e. The predicted molar refractivity (Wildman–Crippen MR) is 134 cm³/mol. The summed E-state index contributed by atoms with van der Waals surface area (Å²) in [5.74, 6) is -0.695. The van der Waals surface area contributed by atoms with Crippen LogP contribution < -0.4 is 0 Å². The van der Waals surface area contributed by atoms with E-state index in [-0.39, 0.29) is 23.4 Å². The molecule has 0 bridgehead atoms. The number of rotatable bonds is 4. The van der Waals surface area contributed by atoms with Crippen molar-refractivity contribution in [2.45, 2.75) is 12.8 Å². The Morgan fingerprint density at radius 1 is 0.629 bits per heavy atom. The number of amides is 2. The van der Waals surface area contributed by atoms with E-state index < -0.39 is 0 Å². The molecule has 2 aliphatic heterocycles. The third-order valence-electron chi connectivity index (χ3n) is 6.45. The molecule has 4 nitrogen and oxygen atoms in total. The molecule has 0 fully saturated rings. The molecule has 0 atom stereocenters. The molecule has 7 heteroatoms. The van der Waals surface area contributed by atoms with Crippen molar-refractivity contribution >= 4 is 34.3 Å². The minimum atomic E-state index is -0.265. The van der Waals surface area contributed by atoms with E-state index in [9.17, 15) is 18.4 Å². The summed E-state index contributed by atoms with van der Waals surface area (Å²) in [6.45, 7) is 2.12. The first-order valence-corrected chi connectivity index (χ1v) is 12.4. The number of hydrogen-bond donors (Lipinski definition) is 0. The van der Waals surface area contributed by atoms with Crippen LogP contribution in [0.1, 0.15) is 43.3 Å². The van der Waals surface area contributed by atoms with Crippen LogP contribution in [0.15, 0.2) is 72.8 Å². The third-order valence-corrected chi connectivity index (χ3v) is 7.51. The minimum Gasteiger partial charge on any atom is -0.334 e. The fraction of sp³-hybridized carbons (Fsp3) is 0.214. The first-order valence-electron chi connectivity index (χ1n) is 11.6. The topological polar surface area (TPSA) is 40.6 Å². The highest BCUT2D eigenvalue weighted by Crippen LogP contribution is 2.27. The Morgan fingerprint density at radius 3 is 1.37 bits per heavy atom. The minimum absolute atomic E-state index is 0.0828. The van der Waals surface area contributed by atoms with Crippen LogP contribution in [-0.4, -0.2) is 47.8 Å². The standard InChI is InChI=1S/C28H24F2N2O2S/c29-23-5-1-19(2-6-23)21-11-15-31(16-12-21)27(33)25-9-10-26(35-25)28(34)32-17-13-22(14-18-32)20-3-7-24(30)8-4-20/h1-11,13H,12,14-18H2. The summed E-state index contributed by atoms with van der Waals surface area (Å²) in [4.78, 5) is 30.7. The molecule has 3 aromatic rings. The molecule has 178 valence electrons. The molecule has 35 heavy (non-hydrogen) atoms. The van der Waals surface area contributed by atoms with Gasteiger partial charge in [-0.3, -0.25) is 9.59 Å². The maximum absolute atomic E-state index is 13.2. The number of hydrogen-bond acceptors (Lipinski definition) is 3. The van der Waals surface area contributed by atoms with Gasteiger partial charge in [-0.25, -0.2) is 8.78 Å². The number of thiophene rings is 1. The van der Waals surface area contributed by atoms with E-state index in [0.29, 0.717) is 48.8 Å². The van der Waals surface area contributed by atoms with E-state index in [4.69, 9.17) is 0 Å². The van der Waals surface area contributed by atoms with Crippen LogP contribution in [0.4, 0.5) is 8.78 Å². The van der Waals surface area contributed by atoms with Gasteiger partial charge in [0.15, 0.2) is 0 Å². The van der Waals surface area contributed by atoms with Crippen molar-refractivity contribution in [3.05, 3.63) is 105 Å². The summed E-state index contributed by atoms with van der Waals surface area (Å²) in [5, 5.41) is 0. The van der Waals surface area contributed by atoms with Crippen molar-refractivity contribution in [1.29, 1.82) is 0 Å². The number of halogens is 2. The van der Waals surface area contributed by atoms with E-state index in [2.05, 4.69) is 0 Å². The van der Waals surface area contributed by atoms with Crippen LogP contribution in [-0.2, 0) is 0 Å². The molecule has 0 unspecified atom stereocenters. The van der Waals surface area contributed by atoms with Crippen molar-refractivity contribution in [2.24, 2.45) is 0 Å². The molecule has 2 aliphatic rings. The van der Waals surface area contributed by atoms with E-state index in [0.717, 1.165) is 22.3 Å². The second kappa shape index (κ2) is 9.96. The molecule has 0 saturated heterocycles. The van der Waals surface area contributed by atoms with Crippen molar-refractivity contribution in [3.8, 4) is 0 Å². The number of benzene rings is 2. The van der Waals surface area contributed by atoms with E-state index in [1.54, 1.807) is 46.2 Å². The first kappa shape index (κ1) is 23.2. The van der Waals surface area contributed by atoms with Gasteiger partial charge in [-0.1, -0.05) is 36.4 Å². The average Bonchev–Trinajstić information content (AvgIpc) is 3.39. The lowest BCUT2D eigenvalue weighted by molar-refractivity contribution is 0.0771. The van der Waals surface area contributed by atoms with Crippen molar-refractivity contribution in [3.63, 3.8) is 0 Å². The summed E-state index contributed by atoms with van der Waals surface area (Å²) in [7, 11) is 0. The monoisotopic (exact) mass is 490 g/mol. The van der Waals surface area contributed by atoms with Gasteiger partial charge in [-0.05, 0) is 71.5 Å². The maximum atomic E-state index is 13.2. The Hall–Kier alpha value is -3.58. The van der Waals surface area contributed by atoms with Gasteiger partial charge in [0.2, 0.25) is 0 Å². The van der Waals surface area contributed by atoms with Crippen molar-refractivity contribution in [1.82, 2.24) is 9.80 Å². The van der Waals surface area contributed by atoms with Gasteiger partial charge in [0.05, 0.1) is 9.75 Å². The first-order chi connectivity index (χ1) is 17.0. The Labute approximate surface area is 206 Å². The third kappa shape index (κ3) is 5.10. The lowest BCUT2D eigenvalue weighted by Gasteiger charge is -2.27. The second-order valence-corrected chi connectivity index (χ2v) is 9.72. The lowest BCUT2D eigenvalue weighted by atomic mass is 9.99. The van der Waals surface area contributed by atoms with E-state index >= 15 is 0 Å². The molecule has 0 aliphatic carbocycles. The molecule has 5 rings (SSSR count). The number of carbonyl (C=O) groups excluding carboxylic acids is 2. The highest BCUT2D eigenvalue weighted by atomic mass is 32.1. The highest BCUT2D eigenvalue weighted by molar-refractivity contribution is 7.15. The van der Waals surface area contributed by atoms with Gasteiger partial charge in [-0.15, -0.1) is 11.3 Å². The zero-order valence-corrected chi connectivity index (χ0v) is 19.9. The Balaban J connectivity index is 1.20. The van der Waals surface area contributed by atoms with Gasteiger partial charge in [0.1, 0.15) is 11.6 Å². The summed E-state index contributed by atoms with van der Waals surface area (Å²) in [6.07, 6.45) is 5.41. The molecular formula is C28H24F2N2O2S. The summed E-state index contributed by atoms with van der Waals surface area (Å²) >= 11 is 1.23. The lowest BCUT2D eigenvalue weighted by Crippen LogP contribution is -2.34. The smallest absolute Gasteiger partial charge is 0.264 e. The Kier molecular flexibility index (Phi) is 6.59. The second-order valence-electron chi connectivity index (χ2n) is 8.64. The van der Waals surface area contributed by atoms with Crippen LogP contribution in [0.3, 0.4) is 0 Å². The van der Waals surface area contributed by atoms with Gasteiger partial charge in [0, 0.05) is 26.2 Å². The molecule has 2 amide bonds. The largest absolute Gasteiger partial charge is 0.334 e. The van der Waals surface area contributed by atoms with Crippen molar-refractivity contribution in [2.75, 3.05) is 26.2 Å². The predicted octanol–water partition coefficient (Wildman–Crippen LogP) is 5.89. The Bertz CT molecular complexity index is 1210. The zero-order chi connectivity index (χ0) is 24.4. The van der Waals surface area contributed by atoms with Crippen LogP contribution in [0.5, 0.6) is 0 Å².